The summed E-state index contributed by atoms with van der Waals surface area (Å²) in [7, 11) is 0. The first-order valence-corrected chi connectivity index (χ1v) is 8.11. The molecule has 2 aromatic heterocycles. The fourth-order valence-corrected chi connectivity index (χ4v) is 2.89. The Kier molecular flexibility index (Phi) is 4.93. The molecular weight excluding hydrogens is 306 g/mol. The maximum atomic E-state index is 12.3. The summed E-state index contributed by atoms with van der Waals surface area (Å²) in [5.41, 5.74) is 0.972. The van der Waals surface area contributed by atoms with E-state index in [1.54, 1.807) is 17.3 Å². The second-order valence-electron chi connectivity index (χ2n) is 6.09. The molecule has 2 amide bonds. The number of nitrogens with zero attached hydrogens (tertiary/aromatic N) is 2. The summed E-state index contributed by atoms with van der Waals surface area (Å²) in [6.45, 7) is 3.36. The SMILES string of the molecule is Cc1ccc(CCNC(=O)C2CC(=O)N(Cc3cccnc3)C2)o1. The van der Waals surface area contributed by atoms with Crippen molar-refractivity contribution in [1.82, 2.24) is 15.2 Å². The molecule has 1 atom stereocenters. The average Bonchev–Trinajstić information content (AvgIpc) is 3.15. The summed E-state index contributed by atoms with van der Waals surface area (Å²) in [5, 5.41) is 2.90. The van der Waals surface area contributed by atoms with Gasteiger partial charge in [-0.05, 0) is 30.7 Å². The van der Waals surface area contributed by atoms with Gasteiger partial charge in [0.05, 0.1) is 5.92 Å². The van der Waals surface area contributed by atoms with Gasteiger partial charge in [-0.15, -0.1) is 0 Å². The van der Waals surface area contributed by atoms with E-state index in [4.69, 9.17) is 4.42 Å². The highest BCUT2D eigenvalue weighted by Crippen LogP contribution is 2.20. The third-order valence-corrected chi connectivity index (χ3v) is 4.15. The van der Waals surface area contributed by atoms with Gasteiger partial charge in [-0.1, -0.05) is 6.07 Å². The minimum atomic E-state index is -0.285. The number of aromatic nitrogens is 1. The van der Waals surface area contributed by atoms with Crippen LogP contribution in [0.3, 0.4) is 0 Å². The van der Waals surface area contributed by atoms with Gasteiger partial charge in [-0.3, -0.25) is 14.6 Å². The second-order valence-corrected chi connectivity index (χ2v) is 6.09. The Bertz CT molecular complexity index is 711. The van der Waals surface area contributed by atoms with Gasteiger partial charge in [0.25, 0.3) is 0 Å². The Morgan fingerprint density at radius 2 is 2.29 bits per heavy atom. The van der Waals surface area contributed by atoms with Crippen LogP contribution in [0.5, 0.6) is 0 Å². The third kappa shape index (κ3) is 4.01. The molecule has 1 fully saturated rings. The minimum absolute atomic E-state index is 0.0145. The summed E-state index contributed by atoms with van der Waals surface area (Å²) < 4.78 is 5.47. The highest BCUT2D eigenvalue weighted by molar-refractivity contribution is 5.89. The van der Waals surface area contributed by atoms with Crippen LogP contribution in [0.25, 0.3) is 0 Å². The molecule has 1 N–H and O–H groups in total. The second kappa shape index (κ2) is 7.29. The van der Waals surface area contributed by atoms with Gasteiger partial charge in [0.15, 0.2) is 0 Å². The smallest absolute Gasteiger partial charge is 0.225 e. The highest BCUT2D eigenvalue weighted by Gasteiger charge is 2.34. The van der Waals surface area contributed by atoms with E-state index < -0.39 is 0 Å². The summed E-state index contributed by atoms with van der Waals surface area (Å²) in [6.07, 6.45) is 4.36. The van der Waals surface area contributed by atoms with Gasteiger partial charge in [-0.2, -0.15) is 0 Å². The Hall–Kier alpha value is -2.63. The van der Waals surface area contributed by atoms with Crippen LogP contribution in [0.15, 0.2) is 41.1 Å². The number of carbonyl (C=O) groups excluding carboxylic acids is 2. The molecule has 0 radical (unpaired) electrons. The monoisotopic (exact) mass is 327 g/mol. The van der Waals surface area contributed by atoms with Crippen molar-refractivity contribution >= 4 is 11.8 Å². The van der Waals surface area contributed by atoms with Crippen LogP contribution in [0.1, 0.15) is 23.5 Å². The summed E-state index contributed by atoms with van der Waals surface area (Å²) >= 11 is 0. The fraction of sp³-hybridized carbons (Fsp3) is 0.389. The molecular formula is C18H21N3O3. The van der Waals surface area contributed by atoms with Crippen molar-refractivity contribution < 1.29 is 14.0 Å². The quantitative estimate of drug-likeness (QED) is 0.876. The van der Waals surface area contributed by atoms with E-state index in [-0.39, 0.29) is 24.2 Å². The van der Waals surface area contributed by atoms with Crippen molar-refractivity contribution in [3.05, 3.63) is 53.7 Å². The predicted octanol–water partition coefficient (Wildman–Crippen LogP) is 1.69. The lowest BCUT2D eigenvalue weighted by molar-refractivity contribution is -0.129. The summed E-state index contributed by atoms with van der Waals surface area (Å²) in [5.74, 6) is 1.38. The van der Waals surface area contributed by atoms with E-state index >= 15 is 0 Å². The molecule has 6 heteroatoms. The van der Waals surface area contributed by atoms with Crippen LogP contribution in [-0.4, -0.2) is 34.8 Å². The van der Waals surface area contributed by atoms with Crippen molar-refractivity contribution in [1.29, 1.82) is 0 Å². The number of likely N-dealkylation sites (tertiary alicyclic amines) is 1. The number of rotatable bonds is 6. The Morgan fingerprint density at radius 3 is 3.00 bits per heavy atom. The molecule has 126 valence electrons. The fourth-order valence-electron chi connectivity index (χ4n) is 2.89. The zero-order valence-electron chi connectivity index (χ0n) is 13.7. The zero-order valence-corrected chi connectivity index (χ0v) is 13.7. The van der Waals surface area contributed by atoms with Crippen LogP contribution in [0, 0.1) is 12.8 Å². The number of pyridine rings is 1. The third-order valence-electron chi connectivity index (χ3n) is 4.15. The van der Waals surface area contributed by atoms with Crippen molar-refractivity contribution in [3.8, 4) is 0 Å². The lowest BCUT2D eigenvalue weighted by atomic mass is 10.1. The summed E-state index contributed by atoms with van der Waals surface area (Å²) in [6, 6.07) is 7.59. The van der Waals surface area contributed by atoms with Crippen molar-refractivity contribution in [2.75, 3.05) is 13.1 Å². The van der Waals surface area contributed by atoms with Crippen LogP contribution in [0.2, 0.25) is 0 Å². The maximum absolute atomic E-state index is 12.3. The van der Waals surface area contributed by atoms with E-state index in [0.29, 0.717) is 26.1 Å². The van der Waals surface area contributed by atoms with Gasteiger partial charge in [0.2, 0.25) is 11.8 Å². The van der Waals surface area contributed by atoms with Crippen molar-refractivity contribution in [2.24, 2.45) is 5.92 Å². The van der Waals surface area contributed by atoms with Crippen LogP contribution in [0.4, 0.5) is 0 Å². The lowest BCUT2D eigenvalue weighted by Crippen LogP contribution is -2.34. The Balaban J connectivity index is 1.47. The maximum Gasteiger partial charge on any atom is 0.225 e. The molecule has 0 aromatic carbocycles. The number of amides is 2. The first kappa shape index (κ1) is 16.2. The van der Waals surface area contributed by atoms with E-state index in [1.807, 2.05) is 31.2 Å². The number of hydrogen-bond donors (Lipinski definition) is 1. The molecule has 2 aromatic rings. The molecule has 0 aliphatic carbocycles. The van der Waals surface area contributed by atoms with Crippen LogP contribution < -0.4 is 5.32 Å². The molecule has 0 bridgehead atoms. The van der Waals surface area contributed by atoms with Crippen molar-refractivity contribution in [2.45, 2.75) is 26.3 Å². The highest BCUT2D eigenvalue weighted by atomic mass is 16.3. The number of aryl methyl sites for hydroxylation is 1. The molecule has 3 heterocycles. The number of hydrogen-bond acceptors (Lipinski definition) is 4. The lowest BCUT2D eigenvalue weighted by Gasteiger charge is -2.16. The molecule has 1 saturated heterocycles. The van der Waals surface area contributed by atoms with E-state index in [1.165, 1.54) is 0 Å². The minimum Gasteiger partial charge on any atom is -0.466 e. The van der Waals surface area contributed by atoms with Gasteiger partial charge in [0, 0.05) is 44.9 Å². The normalized spacial score (nSPS) is 17.3. The van der Waals surface area contributed by atoms with E-state index in [9.17, 15) is 9.59 Å². The molecule has 1 aliphatic heterocycles. The molecule has 1 aliphatic rings. The van der Waals surface area contributed by atoms with Crippen molar-refractivity contribution in [3.63, 3.8) is 0 Å². The molecule has 3 rings (SSSR count). The van der Waals surface area contributed by atoms with Crippen LogP contribution in [-0.2, 0) is 22.6 Å². The standard InChI is InChI=1S/C18H21N3O3/c1-13-4-5-16(24-13)6-8-20-18(23)15-9-17(22)21(12-15)11-14-3-2-7-19-10-14/h2-5,7,10,15H,6,8-9,11-12H2,1H3,(H,20,23). The van der Waals surface area contributed by atoms with E-state index in [0.717, 1.165) is 17.1 Å². The Labute approximate surface area is 140 Å². The Morgan fingerprint density at radius 1 is 1.42 bits per heavy atom. The largest absolute Gasteiger partial charge is 0.466 e. The molecule has 24 heavy (non-hydrogen) atoms. The first-order chi connectivity index (χ1) is 11.6. The predicted molar refractivity (Wildman–Crippen MR) is 87.9 cm³/mol. The topological polar surface area (TPSA) is 75.4 Å². The number of carbonyl (C=O) groups is 2. The molecule has 1 unspecified atom stereocenters. The van der Waals surface area contributed by atoms with Gasteiger partial charge >= 0.3 is 0 Å². The number of furan rings is 1. The van der Waals surface area contributed by atoms with Gasteiger partial charge in [0.1, 0.15) is 11.5 Å². The molecule has 0 saturated carbocycles. The van der Waals surface area contributed by atoms with Gasteiger partial charge < -0.3 is 14.6 Å². The van der Waals surface area contributed by atoms with E-state index in [2.05, 4.69) is 10.3 Å². The first-order valence-electron chi connectivity index (χ1n) is 8.11. The van der Waals surface area contributed by atoms with Gasteiger partial charge in [-0.25, -0.2) is 0 Å². The zero-order chi connectivity index (χ0) is 16.9. The average molecular weight is 327 g/mol. The van der Waals surface area contributed by atoms with Crippen LogP contribution >= 0.6 is 0 Å². The molecule has 6 nitrogen and oxygen atoms in total. The summed E-state index contributed by atoms with van der Waals surface area (Å²) in [4.78, 5) is 30.1. The number of nitrogens with one attached hydrogen (secondary N) is 1. The molecule has 0 spiro atoms.